The van der Waals surface area contributed by atoms with Crippen LogP contribution < -0.4 is 10.1 Å². The second kappa shape index (κ2) is 10.1. The maximum atomic E-state index is 12.8. The maximum absolute atomic E-state index is 12.8. The third-order valence-corrected chi connectivity index (χ3v) is 5.64. The summed E-state index contributed by atoms with van der Waals surface area (Å²) < 4.78 is 5.93. The predicted molar refractivity (Wildman–Crippen MR) is 115 cm³/mol. The number of nitrogens with one attached hydrogen (secondary N) is 1. The molecule has 154 valence electrons. The summed E-state index contributed by atoms with van der Waals surface area (Å²) in [6.45, 7) is 5.51. The Balaban J connectivity index is 1.59. The van der Waals surface area contributed by atoms with Crippen LogP contribution in [0, 0.1) is 11.8 Å². The molecule has 1 aliphatic carbocycles. The molecule has 29 heavy (non-hydrogen) atoms. The van der Waals surface area contributed by atoms with Crippen LogP contribution in [0.4, 0.5) is 5.69 Å². The fourth-order valence-electron chi connectivity index (χ4n) is 3.91. The molecule has 0 aromatic heterocycles. The van der Waals surface area contributed by atoms with E-state index in [-0.39, 0.29) is 23.7 Å². The predicted octanol–water partition coefficient (Wildman–Crippen LogP) is 5.09. The van der Waals surface area contributed by atoms with E-state index in [1.807, 2.05) is 73.3 Å². The molecule has 0 heterocycles. The first-order valence-electron chi connectivity index (χ1n) is 10.5. The van der Waals surface area contributed by atoms with Gasteiger partial charge in [0.15, 0.2) is 5.75 Å². The SMILES string of the molecule is CCN(CC)C(=O)C1CCC(C(=O)Nc2ccccc2Oc2ccccc2)CC1. The molecule has 1 aliphatic rings. The van der Waals surface area contributed by atoms with Crippen LogP contribution >= 0.6 is 0 Å². The zero-order chi connectivity index (χ0) is 20.6. The second-order valence-electron chi connectivity index (χ2n) is 7.46. The molecule has 0 saturated heterocycles. The summed E-state index contributed by atoms with van der Waals surface area (Å²) in [5.74, 6) is 1.56. The lowest BCUT2D eigenvalue weighted by atomic mass is 9.81. The van der Waals surface area contributed by atoms with Gasteiger partial charge in [0.1, 0.15) is 5.75 Å². The average molecular weight is 395 g/mol. The number of para-hydroxylation sites is 3. The van der Waals surface area contributed by atoms with Crippen molar-refractivity contribution in [3.05, 3.63) is 54.6 Å². The van der Waals surface area contributed by atoms with Gasteiger partial charge in [0.05, 0.1) is 5.69 Å². The molecule has 2 aromatic rings. The van der Waals surface area contributed by atoms with E-state index >= 15 is 0 Å². The third-order valence-electron chi connectivity index (χ3n) is 5.64. The van der Waals surface area contributed by atoms with Gasteiger partial charge < -0.3 is 15.0 Å². The fraction of sp³-hybridized carbons (Fsp3) is 0.417. The number of anilines is 1. The van der Waals surface area contributed by atoms with Crippen molar-refractivity contribution in [1.29, 1.82) is 0 Å². The standard InChI is InChI=1S/C24H30N2O3/c1-3-26(4-2)24(28)19-16-14-18(15-17-19)23(27)25-21-12-8-9-13-22(21)29-20-10-6-5-7-11-20/h5-13,18-19H,3-4,14-17H2,1-2H3,(H,25,27). The summed E-state index contributed by atoms with van der Waals surface area (Å²) in [6.07, 6.45) is 3.03. The van der Waals surface area contributed by atoms with Crippen molar-refractivity contribution in [3.63, 3.8) is 0 Å². The molecule has 0 atom stereocenters. The maximum Gasteiger partial charge on any atom is 0.227 e. The highest BCUT2D eigenvalue weighted by Gasteiger charge is 2.31. The van der Waals surface area contributed by atoms with Crippen LogP contribution in [0.2, 0.25) is 0 Å². The van der Waals surface area contributed by atoms with Gasteiger partial charge in [0.25, 0.3) is 0 Å². The van der Waals surface area contributed by atoms with Crippen LogP contribution in [-0.4, -0.2) is 29.8 Å². The number of ether oxygens (including phenoxy) is 1. The van der Waals surface area contributed by atoms with Gasteiger partial charge >= 0.3 is 0 Å². The van der Waals surface area contributed by atoms with E-state index in [4.69, 9.17) is 4.74 Å². The molecule has 3 rings (SSSR count). The summed E-state index contributed by atoms with van der Waals surface area (Å²) in [7, 11) is 0. The minimum atomic E-state index is -0.0689. The van der Waals surface area contributed by atoms with Crippen molar-refractivity contribution in [2.24, 2.45) is 11.8 Å². The number of amides is 2. The Kier molecular flexibility index (Phi) is 7.28. The van der Waals surface area contributed by atoms with Crippen LogP contribution in [0.25, 0.3) is 0 Å². The molecule has 2 aromatic carbocycles. The number of carbonyl (C=O) groups excluding carboxylic acids is 2. The van der Waals surface area contributed by atoms with Crippen molar-refractivity contribution in [2.45, 2.75) is 39.5 Å². The van der Waals surface area contributed by atoms with Gasteiger partial charge in [0.2, 0.25) is 11.8 Å². The summed E-state index contributed by atoms with van der Waals surface area (Å²) in [5.41, 5.74) is 0.669. The van der Waals surface area contributed by atoms with Crippen molar-refractivity contribution >= 4 is 17.5 Å². The average Bonchev–Trinajstić information content (AvgIpc) is 2.76. The molecule has 0 unspecified atom stereocenters. The number of rotatable bonds is 7. The summed E-state index contributed by atoms with van der Waals surface area (Å²) in [6, 6.07) is 17.0. The van der Waals surface area contributed by atoms with Crippen molar-refractivity contribution < 1.29 is 14.3 Å². The molecule has 1 saturated carbocycles. The summed E-state index contributed by atoms with van der Waals surface area (Å²) in [4.78, 5) is 27.3. The zero-order valence-electron chi connectivity index (χ0n) is 17.3. The van der Waals surface area contributed by atoms with Gasteiger partial charge in [0, 0.05) is 24.9 Å². The molecule has 5 nitrogen and oxygen atoms in total. The molecule has 1 fully saturated rings. The molecule has 2 amide bonds. The fourth-order valence-corrected chi connectivity index (χ4v) is 3.91. The van der Waals surface area contributed by atoms with Crippen LogP contribution in [0.5, 0.6) is 11.5 Å². The Bertz CT molecular complexity index is 810. The van der Waals surface area contributed by atoms with Gasteiger partial charge in [-0.3, -0.25) is 9.59 Å². The Hall–Kier alpha value is -2.82. The van der Waals surface area contributed by atoms with Crippen molar-refractivity contribution in [1.82, 2.24) is 4.90 Å². The Labute approximate surface area is 173 Å². The lowest BCUT2D eigenvalue weighted by molar-refractivity contribution is -0.137. The van der Waals surface area contributed by atoms with E-state index in [1.54, 1.807) is 0 Å². The van der Waals surface area contributed by atoms with E-state index in [0.717, 1.165) is 44.5 Å². The first-order chi connectivity index (χ1) is 14.1. The molecule has 5 heteroatoms. The third kappa shape index (κ3) is 5.37. The molecular weight excluding hydrogens is 364 g/mol. The van der Waals surface area contributed by atoms with Crippen LogP contribution in [0.3, 0.4) is 0 Å². The first-order valence-corrected chi connectivity index (χ1v) is 10.5. The van der Waals surface area contributed by atoms with E-state index in [9.17, 15) is 9.59 Å². The number of hydrogen-bond acceptors (Lipinski definition) is 3. The number of carbonyl (C=O) groups is 2. The topological polar surface area (TPSA) is 58.6 Å². The van der Waals surface area contributed by atoms with Gasteiger partial charge in [-0.25, -0.2) is 0 Å². The molecule has 1 N–H and O–H groups in total. The van der Waals surface area contributed by atoms with Gasteiger partial charge in [-0.2, -0.15) is 0 Å². The number of nitrogens with zero attached hydrogens (tertiary/aromatic N) is 1. The molecule has 0 aliphatic heterocycles. The van der Waals surface area contributed by atoms with Gasteiger partial charge in [-0.05, 0) is 63.8 Å². The number of benzene rings is 2. The highest BCUT2D eigenvalue weighted by molar-refractivity contribution is 5.94. The monoisotopic (exact) mass is 394 g/mol. The molecule has 0 radical (unpaired) electrons. The highest BCUT2D eigenvalue weighted by atomic mass is 16.5. The molecule has 0 bridgehead atoms. The van der Waals surface area contributed by atoms with Gasteiger partial charge in [-0.15, -0.1) is 0 Å². The minimum Gasteiger partial charge on any atom is -0.455 e. The van der Waals surface area contributed by atoms with E-state index in [0.29, 0.717) is 11.4 Å². The largest absolute Gasteiger partial charge is 0.455 e. The smallest absolute Gasteiger partial charge is 0.227 e. The second-order valence-corrected chi connectivity index (χ2v) is 7.46. The lowest BCUT2D eigenvalue weighted by Gasteiger charge is -2.30. The van der Waals surface area contributed by atoms with Gasteiger partial charge in [-0.1, -0.05) is 30.3 Å². The van der Waals surface area contributed by atoms with Crippen LogP contribution in [0.1, 0.15) is 39.5 Å². The highest BCUT2D eigenvalue weighted by Crippen LogP contribution is 2.33. The molecular formula is C24H30N2O3. The van der Waals surface area contributed by atoms with Crippen molar-refractivity contribution in [2.75, 3.05) is 18.4 Å². The summed E-state index contributed by atoms with van der Waals surface area (Å²) in [5, 5.41) is 3.03. The van der Waals surface area contributed by atoms with E-state index in [2.05, 4.69) is 5.32 Å². The summed E-state index contributed by atoms with van der Waals surface area (Å²) >= 11 is 0. The van der Waals surface area contributed by atoms with E-state index < -0.39 is 0 Å². The zero-order valence-corrected chi connectivity index (χ0v) is 17.3. The Morgan fingerprint density at radius 1 is 0.897 bits per heavy atom. The number of hydrogen-bond donors (Lipinski definition) is 1. The minimum absolute atomic E-state index is 0.00264. The quantitative estimate of drug-likeness (QED) is 0.711. The van der Waals surface area contributed by atoms with Crippen molar-refractivity contribution in [3.8, 4) is 11.5 Å². The molecule has 0 spiro atoms. The Morgan fingerprint density at radius 3 is 2.14 bits per heavy atom. The lowest BCUT2D eigenvalue weighted by Crippen LogP contribution is -2.38. The first kappa shape index (κ1) is 20.9. The Morgan fingerprint density at radius 2 is 1.48 bits per heavy atom. The van der Waals surface area contributed by atoms with Crippen LogP contribution in [0.15, 0.2) is 54.6 Å². The van der Waals surface area contributed by atoms with Crippen LogP contribution in [-0.2, 0) is 9.59 Å². The normalized spacial score (nSPS) is 18.7. The van der Waals surface area contributed by atoms with E-state index in [1.165, 1.54) is 0 Å².